The number of hydrogen-bond donors (Lipinski definition) is 2. The number of H-pyrrole nitrogens is 1. The van der Waals surface area contributed by atoms with E-state index in [1.165, 1.54) is 25.7 Å². The number of amides is 1. The Bertz CT molecular complexity index is 831. The van der Waals surface area contributed by atoms with Gasteiger partial charge in [0.15, 0.2) is 6.10 Å². The molecule has 5 atom stereocenters. The van der Waals surface area contributed by atoms with Gasteiger partial charge >= 0.3 is 5.97 Å². The number of esters is 1. The van der Waals surface area contributed by atoms with Gasteiger partial charge in [-0.2, -0.15) is 5.10 Å². The summed E-state index contributed by atoms with van der Waals surface area (Å²) in [5, 5.41) is 10.7. The minimum atomic E-state index is -0.819. The van der Waals surface area contributed by atoms with Crippen molar-refractivity contribution < 1.29 is 14.3 Å². The van der Waals surface area contributed by atoms with Crippen LogP contribution in [-0.2, 0) is 9.53 Å². The van der Waals surface area contributed by atoms with E-state index in [2.05, 4.69) is 22.4 Å². The lowest BCUT2D eigenvalue weighted by atomic mass is 9.84. The first-order chi connectivity index (χ1) is 12.5. The third-order valence-electron chi connectivity index (χ3n) is 6.14. The maximum absolute atomic E-state index is 12.4. The Kier molecular flexibility index (Phi) is 4.42. The van der Waals surface area contributed by atoms with Crippen LogP contribution >= 0.6 is 0 Å². The van der Waals surface area contributed by atoms with Crippen LogP contribution in [0.25, 0.3) is 10.9 Å². The second kappa shape index (κ2) is 6.74. The van der Waals surface area contributed by atoms with Gasteiger partial charge in [-0.3, -0.25) is 9.89 Å². The summed E-state index contributed by atoms with van der Waals surface area (Å²) in [7, 11) is 0. The molecule has 2 bridgehead atoms. The van der Waals surface area contributed by atoms with Crippen LogP contribution in [0.5, 0.6) is 0 Å². The van der Waals surface area contributed by atoms with Gasteiger partial charge in [0.2, 0.25) is 0 Å². The number of benzene rings is 1. The smallest absolute Gasteiger partial charge is 0.338 e. The molecular formula is C20H25N3O3. The highest BCUT2D eigenvalue weighted by atomic mass is 16.5. The van der Waals surface area contributed by atoms with Gasteiger partial charge in [0.1, 0.15) is 0 Å². The van der Waals surface area contributed by atoms with Gasteiger partial charge in [-0.1, -0.05) is 12.5 Å². The van der Waals surface area contributed by atoms with E-state index >= 15 is 0 Å². The van der Waals surface area contributed by atoms with E-state index in [0.29, 0.717) is 11.5 Å². The van der Waals surface area contributed by atoms with Crippen molar-refractivity contribution in [2.24, 2.45) is 17.8 Å². The highest BCUT2D eigenvalue weighted by molar-refractivity contribution is 5.95. The summed E-state index contributed by atoms with van der Waals surface area (Å²) in [6.07, 6.45) is 6.03. The summed E-state index contributed by atoms with van der Waals surface area (Å²) in [6.45, 7) is 3.69. The Morgan fingerprint density at radius 1 is 1.27 bits per heavy atom. The van der Waals surface area contributed by atoms with E-state index < -0.39 is 12.1 Å². The third-order valence-corrected chi connectivity index (χ3v) is 6.14. The normalized spacial score (nSPS) is 26.6. The predicted octanol–water partition coefficient (Wildman–Crippen LogP) is 3.05. The van der Waals surface area contributed by atoms with Gasteiger partial charge in [-0.05, 0) is 63.0 Å². The number of carbonyl (C=O) groups excluding carboxylic acids is 2. The molecule has 2 aliphatic carbocycles. The maximum atomic E-state index is 12.4. The molecule has 6 heteroatoms. The van der Waals surface area contributed by atoms with Gasteiger partial charge in [0, 0.05) is 11.4 Å². The van der Waals surface area contributed by atoms with Gasteiger partial charge < -0.3 is 10.1 Å². The Hall–Kier alpha value is -2.37. The zero-order valence-corrected chi connectivity index (χ0v) is 15.2. The fraction of sp³-hybridized carbons (Fsp3) is 0.550. The lowest BCUT2D eigenvalue weighted by Crippen LogP contribution is -2.45. The molecule has 0 unspecified atom stereocenters. The van der Waals surface area contributed by atoms with Crippen LogP contribution < -0.4 is 5.32 Å². The van der Waals surface area contributed by atoms with Crippen molar-refractivity contribution in [2.75, 3.05) is 0 Å². The lowest BCUT2D eigenvalue weighted by molar-refractivity contribution is -0.130. The fourth-order valence-corrected chi connectivity index (χ4v) is 4.70. The summed E-state index contributed by atoms with van der Waals surface area (Å²) in [5.74, 6) is 1.42. The molecular weight excluding hydrogens is 330 g/mol. The minimum Gasteiger partial charge on any atom is -0.449 e. The number of nitrogens with zero attached hydrogens (tertiary/aromatic N) is 1. The SMILES string of the molecule is C[C@H](OC(=O)c1ccc2cn[nH]c2c1)C(=O)N[C@@H](C)[C@H]1C[C@H]2CC[C@H]1C2. The number of aromatic nitrogens is 2. The molecule has 2 aromatic rings. The molecule has 2 fully saturated rings. The van der Waals surface area contributed by atoms with Crippen LogP contribution in [-0.4, -0.2) is 34.2 Å². The summed E-state index contributed by atoms with van der Waals surface area (Å²) in [6, 6.07) is 5.30. The Labute approximate surface area is 152 Å². The maximum Gasteiger partial charge on any atom is 0.338 e. The molecule has 0 radical (unpaired) electrons. The van der Waals surface area contributed by atoms with Crippen molar-refractivity contribution in [2.45, 2.75) is 51.7 Å². The first-order valence-corrected chi connectivity index (χ1v) is 9.45. The Balaban J connectivity index is 1.33. The van der Waals surface area contributed by atoms with Gasteiger partial charge in [-0.25, -0.2) is 4.79 Å². The highest BCUT2D eigenvalue weighted by Crippen LogP contribution is 2.49. The van der Waals surface area contributed by atoms with E-state index in [1.807, 2.05) is 0 Å². The molecule has 1 amide bonds. The van der Waals surface area contributed by atoms with Crippen LogP contribution in [0.1, 0.15) is 49.9 Å². The molecule has 26 heavy (non-hydrogen) atoms. The van der Waals surface area contributed by atoms with Gasteiger partial charge in [0.05, 0.1) is 17.3 Å². The average Bonchev–Trinajstić information content (AvgIpc) is 3.36. The molecule has 6 nitrogen and oxygen atoms in total. The first-order valence-electron chi connectivity index (χ1n) is 9.45. The van der Waals surface area contributed by atoms with Crippen LogP contribution in [0.3, 0.4) is 0 Å². The monoisotopic (exact) mass is 355 g/mol. The van der Waals surface area contributed by atoms with E-state index in [4.69, 9.17) is 4.74 Å². The highest BCUT2D eigenvalue weighted by Gasteiger charge is 2.42. The van der Waals surface area contributed by atoms with Crippen LogP contribution in [0.15, 0.2) is 24.4 Å². The Morgan fingerprint density at radius 2 is 2.12 bits per heavy atom. The molecule has 138 valence electrons. The topological polar surface area (TPSA) is 84.1 Å². The number of carbonyl (C=O) groups is 2. The summed E-state index contributed by atoms with van der Waals surface area (Å²) in [4.78, 5) is 24.8. The number of aromatic amines is 1. The van der Waals surface area contributed by atoms with Crippen LogP contribution in [0, 0.1) is 17.8 Å². The van der Waals surface area contributed by atoms with Crippen molar-refractivity contribution in [1.82, 2.24) is 15.5 Å². The van der Waals surface area contributed by atoms with Gasteiger partial charge in [0.25, 0.3) is 5.91 Å². The number of rotatable bonds is 5. The number of nitrogens with one attached hydrogen (secondary N) is 2. The zero-order chi connectivity index (χ0) is 18.3. The number of fused-ring (bicyclic) bond motifs is 3. The molecule has 4 rings (SSSR count). The van der Waals surface area contributed by atoms with E-state index in [-0.39, 0.29) is 11.9 Å². The van der Waals surface area contributed by atoms with Crippen molar-refractivity contribution in [3.63, 3.8) is 0 Å². The molecule has 2 saturated carbocycles. The molecule has 0 spiro atoms. The minimum absolute atomic E-state index is 0.125. The van der Waals surface area contributed by atoms with Crippen LogP contribution in [0.2, 0.25) is 0 Å². The third kappa shape index (κ3) is 3.20. The molecule has 0 aliphatic heterocycles. The van der Waals surface area contributed by atoms with E-state index in [0.717, 1.165) is 22.7 Å². The van der Waals surface area contributed by atoms with Crippen molar-refractivity contribution >= 4 is 22.8 Å². The second-order valence-corrected chi connectivity index (χ2v) is 7.86. The van der Waals surface area contributed by atoms with E-state index in [9.17, 15) is 9.59 Å². The zero-order valence-electron chi connectivity index (χ0n) is 15.2. The molecule has 2 aliphatic rings. The first kappa shape index (κ1) is 17.1. The standard InChI is InChI=1S/C20H25N3O3/c1-11(17-8-13-3-4-14(17)7-13)22-19(24)12(2)26-20(25)15-5-6-16-10-21-23-18(16)9-15/h5-6,9-14,17H,3-4,7-8H2,1-2H3,(H,21,23)(H,22,24)/t11-,12-,13-,14-,17+/m0/s1. The molecule has 1 aromatic carbocycles. The quantitative estimate of drug-likeness (QED) is 0.808. The molecule has 2 N–H and O–H groups in total. The van der Waals surface area contributed by atoms with Crippen molar-refractivity contribution in [3.05, 3.63) is 30.0 Å². The summed E-state index contributed by atoms with van der Waals surface area (Å²) < 4.78 is 5.36. The largest absolute Gasteiger partial charge is 0.449 e. The second-order valence-electron chi connectivity index (χ2n) is 7.86. The fourth-order valence-electron chi connectivity index (χ4n) is 4.70. The molecule has 1 aromatic heterocycles. The predicted molar refractivity (Wildman–Crippen MR) is 97.5 cm³/mol. The molecule has 1 heterocycles. The average molecular weight is 355 g/mol. The van der Waals surface area contributed by atoms with Crippen LogP contribution in [0.4, 0.5) is 0 Å². The number of ether oxygens (including phenoxy) is 1. The van der Waals surface area contributed by atoms with Crippen molar-refractivity contribution in [1.29, 1.82) is 0 Å². The van der Waals surface area contributed by atoms with Gasteiger partial charge in [-0.15, -0.1) is 0 Å². The number of hydrogen-bond acceptors (Lipinski definition) is 4. The van der Waals surface area contributed by atoms with E-state index in [1.54, 1.807) is 31.3 Å². The van der Waals surface area contributed by atoms with Crippen molar-refractivity contribution in [3.8, 4) is 0 Å². The summed E-state index contributed by atoms with van der Waals surface area (Å²) in [5.41, 5.74) is 1.17. The lowest BCUT2D eigenvalue weighted by Gasteiger charge is -2.29. The Morgan fingerprint density at radius 3 is 2.85 bits per heavy atom. The molecule has 0 saturated heterocycles. The summed E-state index contributed by atoms with van der Waals surface area (Å²) >= 11 is 0.